The molecule has 0 fully saturated rings. The number of pyridine rings is 1. The molecule has 0 aliphatic rings. The maximum absolute atomic E-state index is 10.9. The van der Waals surface area contributed by atoms with E-state index in [1.165, 1.54) is 12.1 Å². The summed E-state index contributed by atoms with van der Waals surface area (Å²) in [5.74, 6) is -0.153. The highest BCUT2D eigenvalue weighted by Crippen LogP contribution is 2.29. The van der Waals surface area contributed by atoms with Gasteiger partial charge in [-0.3, -0.25) is 0 Å². The van der Waals surface area contributed by atoms with Crippen molar-refractivity contribution in [1.82, 2.24) is 4.98 Å². The van der Waals surface area contributed by atoms with Crippen LogP contribution in [0.15, 0.2) is 41.0 Å². The van der Waals surface area contributed by atoms with Crippen LogP contribution in [0, 0.1) is 6.92 Å². The lowest BCUT2D eigenvalue weighted by Crippen LogP contribution is -1.97. The van der Waals surface area contributed by atoms with Gasteiger partial charge in [-0.15, -0.1) is 0 Å². The summed E-state index contributed by atoms with van der Waals surface area (Å²) in [6, 6.07) is 8.19. The lowest BCUT2D eigenvalue weighted by molar-refractivity contribution is 0.0696. The highest BCUT2D eigenvalue weighted by molar-refractivity contribution is 9.10. The highest BCUT2D eigenvalue weighted by atomic mass is 79.9. The van der Waals surface area contributed by atoms with Gasteiger partial charge in [0.15, 0.2) is 0 Å². The molecule has 92 valence electrons. The van der Waals surface area contributed by atoms with Gasteiger partial charge in [0.05, 0.1) is 10.0 Å². The molecule has 2 aromatic rings. The Kier molecular flexibility index (Phi) is 3.62. The Morgan fingerprint density at radius 1 is 1.33 bits per heavy atom. The summed E-state index contributed by atoms with van der Waals surface area (Å²) < 4.78 is 6.21. The molecule has 1 heterocycles. The molecule has 1 aromatic carbocycles. The summed E-state index contributed by atoms with van der Waals surface area (Å²) >= 11 is 3.31. The molecule has 1 aromatic heterocycles. The van der Waals surface area contributed by atoms with Crippen molar-refractivity contribution in [3.63, 3.8) is 0 Å². The molecular formula is C13H10BrNO3. The topological polar surface area (TPSA) is 59.4 Å². The van der Waals surface area contributed by atoms with Gasteiger partial charge in [-0.2, -0.15) is 0 Å². The Labute approximate surface area is 112 Å². The smallest absolute Gasteiger partial charge is 0.335 e. The maximum Gasteiger partial charge on any atom is 0.335 e. The predicted molar refractivity (Wildman–Crippen MR) is 70.1 cm³/mol. The van der Waals surface area contributed by atoms with Gasteiger partial charge >= 0.3 is 5.97 Å². The minimum absolute atomic E-state index is 0.167. The molecule has 0 amide bonds. The Morgan fingerprint density at radius 3 is 2.72 bits per heavy atom. The van der Waals surface area contributed by atoms with Crippen molar-refractivity contribution in [2.45, 2.75) is 6.92 Å². The highest BCUT2D eigenvalue weighted by Gasteiger charge is 2.09. The Hall–Kier alpha value is -1.88. The first kappa shape index (κ1) is 12.6. The van der Waals surface area contributed by atoms with Gasteiger partial charge in [0.25, 0.3) is 0 Å². The number of rotatable bonds is 3. The first-order valence-electron chi connectivity index (χ1n) is 5.19. The fourth-order valence-corrected chi connectivity index (χ4v) is 1.67. The minimum atomic E-state index is -0.996. The Morgan fingerprint density at radius 2 is 2.11 bits per heavy atom. The van der Waals surface area contributed by atoms with E-state index in [0.717, 1.165) is 5.56 Å². The van der Waals surface area contributed by atoms with Crippen molar-refractivity contribution in [2.24, 2.45) is 0 Å². The van der Waals surface area contributed by atoms with E-state index in [4.69, 9.17) is 9.84 Å². The van der Waals surface area contributed by atoms with E-state index < -0.39 is 5.97 Å². The third-order valence-corrected chi connectivity index (χ3v) is 2.93. The van der Waals surface area contributed by atoms with Crippen molar-refractivity contribution < 1.29 is 14.6 Å². The van der Waals surface area contributed by atoms with Crippen molar-refractivity contribution >= 4 is 21.9 Å². The molecule has 2 rings (SSSR count). The van der Waals surface area contributed by atoms with E-state index in [9.17, 15) is 4.79 Å². The van der Waals surface area contributed by atoms with Gasteiger partial charge in [0.2, 0.25) is 5.88 Å². The van der Waals surface area contributed by atoms with Crippen LogP contribution >= 0.6 is 15.9 Å². The number of hydrogen-bond acceptors (Lipinski definition) is 3. The van der Waals surface area contributed by atoms with Crippen molar-refractivity contribution in [2.75, 3.05) is 0 Å². The van der Waals surface area contributed by atoms with Gasteiger partial charge in [0.1, 0.15) is 5.75 Å². The molecule has 0 spiro atoms. The zero-order chi connectivity index (χ0) is 13.1. The molecule has 0 saturated heterocycles. The SMILES string of the molecule is Cc1ccc(Oc2cc(C(=O)O)ccc2Br)nc1. The van der Waals surface area contributed by atoms with Gasteiger partial charge in [0, 0.05) is 12.3 Å². The number of carboxylic acids is 1. The third kappa shape index (κ3) is 2.87. The molecule has 5 heteroatoms. The van der Waals surface area contributed by atoms with E-state index >= 15 is 0 Å². The summed E-state index contributed by atoms with van der Waals surface area (Å²) in [6.45, 7) is 1.93. The Bertz CT molecular complexity index is 581. The number of ether oxygens (including phenoxy) is 1. The van der Waals surface area contributed by atoms with Crippen LogP contribution in [0.3, 0.4) is 0 Å². The van der Waals surface area contributed by atoms with Gasteiger partial charge in [-0.1, -0.05) is 6.07 Å². The van der Waals surface area contributed by atoms with Crippen LogP contribution < -0.4 is 4.74 Å². The minimum Gasteiger partial charge on any atom is -0.478 e. The molecule has 18 heavy (non-hydrogen) atoms. The number of aryl methyl sites for hydroxylation is 1. The van der Waals surface area contributed by atoms with Crippen molar-refractivity contribution in [3.05, 3.63) is 52.1 Å². The van der Waals surface area contributed by atoms with Crippen LogP contribution in [0.5, 0.6) is 11.6 Å². The lowest BCUT2D eigenvalue weighted by Gasteiger charge is -2.07. The third-order valence-electron chi connectivity index (χ3n) is 2.28. The second kappa shape index (κ2) is 5.18. The zero-order valence-corrected chi connectivity index (χ0v) is 11.1. The molecule has 4 nitrogen and oxygen atoms in total. The maximum atomic E-state index is 10.9. The summed E-state index contributed by atoms with van der Waals surface area (Å²) in [4.78, 5) is 15.0. The first-order chi connectivity index (χ1) is 8.56. The first-order valence-corrected chi connectivity index (χ1v) is 5.99. The number of carboxylic acid groups (broad SMARTS) is 1. The van der Waals surface area contributed by atoms with Crippen LogP contribution in [-0.2, 0) is 0 Å². The molecule has 0 aliphatic carbocycles. The van der Waals surface area contributed by atoms with Gasteiger partial charge in [-0.05, 0) is 46.6 Å². The molecule has 0 aliphatic heterocycles. The van der Waals surface area contributed by atoms with E-state index in [0.29, 0.717) is 16.1 Å². The van der Waals surface area contributed by atoms with Crippen molar-refractivity contribution in [3.8, 4) is 11.6 Å². The summed E-state index contributed by atoms with van der Waals surface area (Å²) in [6.07, 6.45) is 1.68. The number of aromatic carboxylic acids is 1. The van der Waals surface area contributed by atoms with E-state index in [1.807, 2.05) is 13.0 Å². The quantitative estimate of drug-likeness (QED) is 0.940. The van der Waals surface area contributed by atoms with Crippen LogP contribution in [0.1, 0.15) is 15.9 Å². The standard InChI is InChI=1S/C13H10BrNO3/c1-8-2-5-12(15-7-8)18-11-6-9(13(16)17)3-4-10(11)14/h2-7H,1H3,(H,16,17). The fraction of sp³-hybridized carbons (Fsp3) is 0.0769. The average molecular weight is 308 g/mol. The second-order valence-electron chi connectivity index (χ2n) is 3.73. The van der Waals surface area contributed by atoms with Crippen molar-refractivity contribution in [1.29, 1.82) is 0 Å². The van der Waals surface area contributed by atoms with E-state index in [-0.39, 0.29) is 5.56 Å². The number of benzene rings is 1. The summed E-state index contributed by atoms with van der Waals surface area (Å²) in [7, 11) is 0. The lowest BCUT2D eigenvalue weighted by atomic mass is 10.2. The molecule has 0 unspecified atom stereocenters. The van der Waals surface area contributed by atoms with Crippen LogP contribution in [-0.4, -0.2) is 16.1 Å². The number of nitrogens with zero attached hydrogens (tertiary/aromatic N) is 1. The normalized spacial score (nSPS) is 10.1. The van der Waals surface area contributed by atoms with Gasteiger partial charge in [-0.25, -0.2) is 9.78 Å². The van der Waals surface area contributed by atoms with Crippen LogP contribution in [0.2, 0.25) is 0 Å². The molecule has 0 bridgehead atoms. The molecule has 0 atom stereocenters. The summed E-state index contributed by atoms with van der Waals surface area (Å²) in [5, 5.41) is 8.92. The zero-order valence-electron chi connectivity index (χ0n) is 9.55. The molecule has 0 saturated carbocycles. The number of hydrogen-bond donors (Lipinski definition) is 1. The molecule has 0 radical (unpaired) electrons. The van der Waals surface area contributed by atoms with Crippen LogP contribution in [0.25, 0.3) is 0 Å². The fourth-order valence-electron chi connectivity index (χ4n) is 1.34. The van der Waals surface area contributed by atoms with E-state index in [1.54, 1.807) is 18.3 Å². The Balaban J connectivity index is 2.30. The molecular weight excluding hydrogens is 298 g/mol. The van der Waals surface area contributed by atoms with Crippen LogP contribution in [0.4, 0.5) is 0 Å². The molecule has 1 N–H and O–H groups in total. The number of halogens is 1. The number of carbonyl (C=O) groups is 1. The largest absolute Gasteiger partial charge is 0.478 e. The van der Waals surface area contributed by atoms with Gasteiger partial charge < -0.3 is 9.84 Å². The monoisotopic (exact) mass is 307 g/mol. The second-order valence-corrected chi connectivity index (χ2v) is 4.58. The van der Waals surface area contributed by atoms with E-state index in [2.05, 4.69) is 20.9 Å². The predicted octanol–water partition coefficient (Wildman–Crippen LogP) is 3.64. The average Bonchev–Trinajstić information content (AvgIpc) is 2.34. The number of aromatic nitrogens is 1. The summed E-state index contributed by atoms with van der Waals surface area (Å²) in [5.41, 5.74) is 1.20.